The molecule has 1 fully saturated rings. The van der Waals surface area contributed by atoms with Crippen LogP contribution in [0.3, 0.4) is 0 Å². The standard InChI is InChI=1S/C17H22N4O2S/c1-11-6-4-5-7-14(11)23-12(2)16-19-20-17(21(16)3)24-10-15(22)18-13-8-9-13/h4-7,12-13H,8-10H2,1-3H3,(H,18,22). The molecule has 1 N–H and O–H groups in total. The number of thioether (sulfide) groups is 1. The smallest absolute Gasteiger partial charge is 0.230 e. The van der Waals surface area contributed by atoms with Gasteiger partial charge in [0.25, 0.3) is 0 Å². The second kappa shape index (κ2) is 7.25. The third-order valence-electron chi connectivity index (χ3n) is 3.90. The van der Waals surface area contributed by atoms with Gasteiger partial charge in [0.05, 0.1) is 5.75 Å². The van der Waals surface area contributed by atoms with E-state index in [1.807, 2.05) is 49.7 Å². The Morgan fingerprint density at radius 2 is 2.17 bits per heavy atom. The largest absolute Gasteiger partial charge is 0.482 e. The molecule has 1 aliphatic rings. The van der Waals surface area contributed by atoms with E-state index in [-0.39, 0.29) is 12.0 Å². The lowest BCUT2D eigenvalue weighted by molar-refractivity contribution is -0.118. The van der Waals surface area contributed by atoms with Crippen molar-refractivity contribution in [3.05, 3.63) is 35.7 Å². The second-order valence-corrected chi connectivity index (χ2v) is 7.00. The summed E-state index contributed by atoms with van der Waals surface area (Å²) in [4.78, 5) is 11.8. The highest BCUT2D eigenvalue weighted by Crippen LogP contribution is 2.26. The molecular weight excluding hydrogens is 324 g/mol. The average Bonchev–Trinajstić information content (AvgIpc) is 3.28. The van der Waals surface area contributed by atoms with Gasteiger partial charge in [0.2, 0.25) is 5.91 Å². The summed E-state index contributed by atoms with van der Waals surface area (Å²) in [5.41, 5.74) is 1.08. The predicted octanol–water partition coefficient (Wildman–Crippen LogP) is 2.63. The van der Waals surface area contributed by atoms with Crippen LogP contribution in [0.25, 0.3) is 0 Å². The van der Waals surface area contributed by atoms with Crippen LogP contribution in [0.15, 0.2) is 29.4 Å². The lowest BCUT2D eigenvalue weighted by Crippen LogP contribution is -2.27. The summed E-state index contributed by atoms with van der Waals surface area (Å²) in [6, 6.07) is 8.27. The molecule has 0 saturated heterocycles. The van der Waals surface area contributed by atoms with Crippen LogP contribution in [0.1, 0.15) is 37.3 Å². The van der Waals surface area contributed by atoms with Gasteiger partial charge in [0.1, 0.15) is 5.75 Å². The average molecular weight is 346 g/mol. The molecular formula is C17H22N4O2S. The molecule has 1 atom stereocenters. The fourth-order valence-electron chi connectivity index (χ4n) is 2.36. The maximum atomic E-state index is 11.8. The summed E-state index contributed by atoms with van der Waals surface area (Å²) in [5, 5.41) is 12.1. The van der Waals surface area contributed by atoms with Gasteiger partial charge in [0, 0.05) is 13.1 Å². The number of aryl methyl sites for hydroxylation is 1. The Morgan fingerprint density at radius 1 is 1.42 bits per heavy atom. The van der Waals surface area contributed by atoms with Gasteiger partial charge in [-0.25, -0.2) is 0 Å². The van der Waals surface area contributed by atoms with Crippen molar-refractivity contribution in [3.8, 4) is 5.75 Å². The number of ether oxygens (including phenoxy) is 1. The van der Waals surface area contributed by atoms with Crippen molar-refractivity contribution < 1.29 is 9.53 Å². The van der Waals surface area contributed by atoms with Crippen LogP contribution in [0.2, 0.25) is 0 Å². The Balaban J connectivity index is 1.60. The van der Waals surface area contributed by atoms with Gasteiger partial charge >= 0.3 is 0 Å². The molecule has 1 saturated carbocycles. The first kappa shape index (κ1) is 16.8. The van der Waals surface area contributed by atoms with Gasteiger partial charge < -0.3 is 14.6 Å². The molecule has 0 radical (unpaired) electrons. The molecule has 6 nitrogen and oxygen atoms in total. The second-order valence-electron chi connectivity index (χ2n) is 6.06. The van der Waals surface area contributed by atoms with E-state index in [0.29, 0.717) is 11.8 Å². The van der Waals surface area contributed by atoms with Crippen molar-refractivity contribution in [1.82, 2.24) is 20.1 Å². The van der Waals surface area contributed by atoms with E-state index >= 15 is 0 Å². The van der Waals surface area contributed by atoms with E-state index in [9.17, 15) is 4.79 Å². The van der Waals surface area contributed by atoms with E-state index in [1.165, 1.54) is 11.8 Å². The quantitative estimate of drug-likeness (QED) is 0.781. The molecule has 128 valence electrons. The maximum Gasteiger partial charge on any atom is 0.230 e. The fraction of sp³-hybridized carbons (Fsp3) is 0.471. The molecule has 0 spiro atoms. The lowest BCUT2D eigenvalue weighted by atomic mass is 10.2. The van der Waals surface area contributed by atoms with Gasteiger partial charge in [-0.2, -0.15) is 0 Å². The first-order chi connectivity index (χ1) is 11.5. The minimum Gasteiger partial charge on any atom is -0.482 e. The highest BCUT2D eigenvalue weighted by Gasteiger charge is 2.24. The van der Waals surface area contributed by atoms with Crippen LogP contribution in [-0.2, 0) is 11.8 Å². The number of hydrogen-bond acceptors (Lipinski definition) is 5. The normalized spacial score (nSPS) is 15.1. The topological polar surface area (TPSA) is 69.0 Å². The van der Waals surface area contributed by atoms with Crippen LogP contribution in [0.4, 0.5) is 0 Å². The number of carbonyl (C=O) groups is 1. The Morgan fingerprint density at radius 3 is 2.88 bits per heavy atom. The van der Waals surface area contributed by atoms with Crippen LogP contribution in [0.5, 0.6) is 5.75 Å². The van der Waals surface area contributed by atoms with Crippen molar-refractivity contribution in [2.45, 2.75) is 44.0 Å². The summed E-state index contributed by atoms with van der Waals surface area (Å²) >= 11 is 1.39. The number of aromatic nitrogens is 3. The number of amides is 1. The lowest BCUT2D eigenvalue weighted by Gasteiger charge is -2.15. The Labute approximate surface area is 146 Å². The third kappa shape index (κ3) is 4.08. The zero-order chi connectivity index (χ0) is 17.1. The first-order valence-electron chi connectivity index (χ1n) is 8.08. The molecule has 3 rings (SSSR count). The van der Waals surface area contributed by atoms with E-state index in [0.717, 1.165) is 35.1 Å². The fourth-order valence-corrected chi connectivity index (χ4v) is 3.09. The molecule has 1 aliphatic carbocycles. The number of carbonyl (C=O) groups excluding carboxylic acids is 1. The molecule has 1 unspecified atom stereocenters. The van der Waals surface area contributed by atoms with Gasteiger partial charge in [-0.15, -0.1) is 10.2 Å². The van der Waals surface area contributed by atoms with Gasteiger partial charge in [-0.3, -0.25) is 4.79 Å². The minimum atomic E-state index is -0.224. The predicted molar refractivity (Wildman–Crippen MR) is 93.1 cm³/mol. The monoisotopic (exact) mass is 346 g/mol. The summed E-state index contributed by atoms with van der Waals surface area (Å²) in [6.45, 7) is 3.96. The van der Waals surface area contributed by atoms with E-state index in [2.05, 4.69) is 15.5 Å². The first-order valence-corrected chi connectivity index (χ1v) is 9.07. The van der Waals surface area contributed by atoms with Crippen LogP contribution in [0, 0.1) is 6.92 Å². The molecule has 7 heteroatoms. The molecule has 1 aromatic heterocycles. The maximum absolute atomic E-state index is 11.8. The molecule has 1 heterocycles. The van der Waals surface area contributed by atoms with Gasteiger partial charge in [0.15, 0.2) is 17.1 Å². The van der Waals surface area contributed by atoms with Crippen LogP contribution >= 0.6 is 11.8 Å². The number of para-hydroxylation sites is 1. The summed E-state index contributed by atoms with van der Waals surface area (Å²) in [5.74, 6) is 1.99. The van der Waals surface area contributed by atoms with Crippen LogP contribution in [-0.4, -0.2) is 32.5 Å². The highest BCUT2D eigenvalue weighted by molar-refractivity contribution is 7.99. The highest BCUT2D eigenvalue weighted by atomic mass is 32.2. The zero-order valence-electron chi connectivity index (χ0n) is 14.2. The molecule has 0 aliphatic heterocycles. The molecule has 24 heavy (non-hydrogen) atoms. The van der Waals surface area contributed by atoms with E-state index in [1.54, 1.807) is 0 Å². The number of hydrogen-bond donors (Lipinski definition) is 1. The summed E-state index contributed by atoms with van der Waals surface area (Å²) in [6.07, 6.45) is 1.97. The Hall–Kier alpha value is -2.02. The summed E-state index contributed by atoms with van der Waals surface area (Å²) in [7, 11) is 1.90. The Bertz CT molecular complexity index is 727. The SMILES string of the molecule is Cc1ccccc1OC(C)c1nnc(SCC(=O)NC2CC2)n1C. The van der Waals surface area contributed by atoms with Crippen molar-refractivity contribution >= 4 is 17.7 Å². The van der Waals surface area contributed by atoms with Crippen LogP contribution < -0.4 is 10.1 Å². The zero-order valence-corrected chi connectivity index (χ0v) is 15.0. The molecule has 0 bridgehead atoms. The van der Waals surface area contributed by atoms with E-state index in [4.69, 9.17) is 4.74 Å². The van der Waals surface area contributed by atoms with Crippen molar-refractivity contribution in [1.29, 1.82) is 0 Å². The Kier molecular flexibility index (Phi) is 5.08. The van der Waals surface area contributed by atoms with Crippen molar-refractivity contribution in [3.63, 3.8) is 0 Å². The third-order valence-corrected chi connectivity index (χ3v) is 4.92. The molecule has 1 aromatic carbocycles. The van der Waals surface area contributed by atoms with E-state index < -0.39 is 0 Å². The van der Waals surface area contributed by atoms with Crippen molar-refractivity contribution in [2.24, 2.45) is 7.05 Å². The number of benzene rings is 1. The summed E-state index contributed by atoms with van der Waals surface area (Å²) < 4.78 is 7.89. The number of nitrogens with one attached hydrogen (secondary N) is 1. The van der Waals surface area contributed by atoms with Crippen molar-refractivity contribution in [2.75, 3.05) is 5.75 Å². The van der Waals surface area contributed by atoms with Gasteiger partial charge in [-0.05, 0) is 38.3 Å². The minimum absolute atomic E-state index is 0.0521. The molecule has 2 aromatic rings. The number of nitrogens with zero attached hydrogens (tertiary/aromatic N) is 3. The van der Waals surface area contributed by atoms with Gasteiger partial charge in [-0.1, -0.05) is 30.0 Å². The molecule has 1 amide bonds. The number of rotatable bonds is 7.